The number of hydrogen-bond donors (Lipinski definition) is 2. The van der Waals surface area contributed by atoms with Crippen LogP contribution in [0.15, 0.2) is 0 Å². The Morgan fingerprint density at radius 3 is 3.00 bits per heavy atom. The van der Waals surface area contributed by atoms with Crippen molar-refractivity contribution in [3.05, 3.63) is 0 Å². The fourth-order valence-electron chi connectivity index (χ4n) is 1.67. The summed E-state index contributed by atoms with van der Waals surface area (Å²) in [7, 11) is 1.67. The molecule has 16 heavy (non-hydrogen) atoms. The first kappa shape index (κ1) is 13.4. The third kappa shape index (κ3) is 5.44. The lowest BCUT2D eigenvalue weighted by atomic mass is 10.0. The highest BCUT2D eigenvalue weighted by atomic mass is 16.5. The summed E-state index contributed by atoms with van der Waals surface area (Å²) in [5.74, 6) is 0.168. The van der Waals surface area contributed by atoms with Gasteiger partial charge in [0, 0.05) is 33.4 Å². The van der Waals surface area contributed by atoms with Gasteiger partial charge in [0.15, 0.2) is 0 Å². The number of rotatable bonds is 7. The van der Waals surface area contributed by atoms with Gasteiger partial charge in [0.2, 0.25) is 5.91 Å². The van der Waals surface area contributed by atoms with Crippen LogP contribution in [0.2, 0.25) is 0 Å². The van der Waals surface area contributed by atoms with Gasteiger partial charge >= 0.3 is 0 Å². The lowest BCUT2D eigenvalue weighted by Crippen LogP contribution is -2.39. The molecule has 1 unspecified atom stereocenters. The van der Waals surface area contributed by atoms with Crippen molar-refractivity contribution in [1.82, 2.24) is 10.6 Å². The first-order valence-corrected chi connectivity index (χ1v) is 5.89. The fourth-order valence-corrected chi connectivity index (χ4v) is 1.67. The number of ether oxygens (including phenoxy) is 2. The smallest absolute Gasteiger partial charge is 0.225 e. The van der Waals surface area contributed by atoms with E-state index in [1.807, 2.05) is 0 Å². The molecule has 0 radical (unpaired) electrons. The molecule has 1 rings (SSSR count). The van der Waals surface area contributed by atoms with Gasteiger partial charge in [-0.2, -0.15) is 0 Å². The number of nitrogens with one attached hydrogen (secondary N) is 2. The maximum absolute atomic E-state index is 11.6. The van der Waals surface area contributed by atoms with Crippen molar-refractivity contribution in [2.45, 2.75) is 12.8 Å². The molecule has 1 saturated heterocycles. The molecule has 0 aromatic rings. The van der Waals surface area contributed by atoms with Crippen molar-refractivity contribution < 1.29 is 14.3 Å². The van der Waals surface area contributed by atoms with Crippen LogP contribution >= 0.6 is 0 Å². The Kier molecular flexibility index (Phi) is 7.12. The van der Waals surface area contributed by atoms with Crippen LogP contribution in [0.3, 0.4) is 0 Å². The predicted octanol–water partition coefficient (Wildman–Crippen LogP) is -0.235. The molecule has 1 aliphatic rings. The molecule has 5 heteroatoms. The summed E-state index contributed by atoms with van der Waals surface area (Å²) in [5.41, 5.74) is 0. The highest BCUT2D eigenvalue weighted by Crippen LogP contribution is 2.12. The number of carbonyl (C=O) groups excluding carboxylic acids is 1. The van der Waals surface area contributed by atoms with Crippen molar-refractivity contribution >= 4 is 5.91 Å². The molecule has 0 aromatic heterocycles. The molecule has 1 atom stereocenters. The van der Waals surface area contributed by atoms with Gasteiger partial charge in [-0.3, -0.25) is 4.79 Å². The Labute approximate surface area is 96.9 Å². The minimum atomic E-state index is 0.0488. The minimum Gasteiger partial charge on any atom is -0.383 e. The second-order valence-electron chi connectivity index (χ2n) is 3.95. The highest BCUT2D eigenvalue weighted by molar-refractivity contribution is 5.78. The molecule has 1 fully saturated rings. The predicted molar refractivity (Wildman–Crippen MR) is 61.3 cm³/mol. The van der Waals surface area contributed by atoms with Crippen molar-refractivity contribution in [3.8, 4) is 0 Å². The third-order valence-corrected chi connectivity index (χ3v) is 2.62. The topological polar surface area (TPSA) is 59.6 Å². The first-order valence-electron chi connectivity index (χ1n) is 5.89. The number of methoxy groups -OCH3 is 1. The van der Waals surface area contributed by atoms with Crippen LogP contribution in [-0.2, 0) is 14.3 Å². The van der Waals surface area contributed by atoms with Crippen molar-refractivity contribution in [3.63, 3.8) is 0 Å². The Balaban J connectivity index is 1.97. The molecule has 0 saturated carbocycles. The zero-order valence-corrected chi connectivity index (χ0v) is 9.96. The summed E-state index contributed by atoms with van der Waals surface area (Å²) >= 11 is 0. The highest BCUT2D eigenvalue weighted by Gasteiger charge is 2.20. The van der Waals surface area contributed by atoms with E-state index in [0.29, 0.717) is 19.8 Å². The van der Waals surface area contributed by atoms with E-state index in [-0.39, 0.29) is 11.8 Å². The van der Waals surface area contributed by atoms with Gasteiger partial charge in [-0.25, -0.2) is 0 Å². The molecule has 94 valence electrons. The number of amides is 1. The van der Waals surface area contributed by atoms with E-state index in [1.165, 1.54) is 0 Å². The van der Waals surface area contributed by atoms with Gasteiger partial charge in [-0.1, -0.05) is 0 Å². The van der Waals surface area contributed by atoms with Crippen LogP contribution in [0.1, 0.15) is 12.8 Å². The SMILES string of the molecule is COCCNCCNC(=O)C1CCCOC1. The Morgan fingerprint density at radius 1 is 1.44 bits per heavy atom. The molecule has 5 nitrogen and oxygen atoms in total. The van der Waals surface area contributed by atoms with Crippen molar-refractivity contribution in [2.75, 3.05) is 46.6 Å². The van der Waals surface area contributed by atoms with Crippen molar-refractivity contribution in [1.29, 1.82) is 0 Å². The van der Waals surface area contributed by atoms with Gasteiger partial charge in [0.25, 0.3) is 0 Å². The molecule has 0 aromatic carbocycles. The summed E-state index contributed by atoms with van der Waals surface area (Å²) in [6.45, 7) is 4.33. The fraction of sp³-hybridized carbons (Fsp3) is 0.909. The van der Waals surface area contributed by atoms with Gasteiger partial charge in [-0.05, 0) is 12.8 Å². The van der Waals surface area contributed by atoms with Crippen LogP contribution in [0.5, 0.6) is 0 Å². The summed E-state index contributed by atoms with van der Waals surface area (Å²) in [6.07, 6.45) is 1.94. The molecule has 0 spiro atoms. The third-order valence-electron chi connectivity index (χ3n) is 2.62. The summed E-state index contributed by atoms with van der Waals surface area (Å²) in [6, 6.07) is 0. The molecular weight excluding hydrogens is 208 g/mol. The first-order chi connectivity index (χ1) is 7.84. The van der Waals surface area contributed by atoms with E-state index in [9.17, 15) is 4.79 Å². The quantitative estimate of drug-likeness (QED) is 0.593. The molecule has 1 aliphatic heterocycles. The molecule has 0 bridgehead atoms. The Morgan fingerprint density at radius 2 is 2.31 bits per heavy atom. The van der Waals surface area contributed by atoms with Crippen LogP contribution in [0.25, 0.3) is 0 Å². The zero-order chi connectivity index (χ0) is 11.6. The summed E-state index contributed by atoms with van der Waals surface area (Å²) in [5, 5.41) is 6.08. The monoisotopic (exact) mass is 230 g/mol. The maximum Gasteiger partial charge on any atom is 0.225 e. The van der Waals surface area contributed by atoms with E-state index in [2.05, 4.69) is 10.6 Å². The largest absolute Gasteiger partial charge is 0.383 e. The summed E-state index contributed by atoms with van der Waals surface area (Å²) in [4.78, 5) is 11.6. The van der Waals surface area contributed by atoms with E-state index >= 15 is 0 Å². The Hall–Kier alpha value is -0.650. The van der Waals surface area contributed by atoms with Gasteiger partial charge in [-0.15, -0.1) is 0 Å². The standard InChI is InChI=1S/C11H22N2O3/c1-15-8-6-12-4-5-13-11(14)10-3-2-7-16-9-10/h10,12H,2-9H2,1H3,(H,13,14). The van der Waals surface area contributed by atoms with Gasteiger partial charge in [0.1, 0.15) is 0 Å². The molecule has 2 N–H and O–H groups in total. The van der Waals surface area contributed by atoms with Crippen molar-refractivity contribution in [2.24, 2.45) is 5.92 Å². The van der Waals surface area contributed by atoms with Crippen LogP contribution in [-0.4, -0.2) is 52.5 Å². The second-order valence-corrected chi connectivity index (χ2v) is 3.95. The lowest BCUT2D eigenvalue weighted by molar-refractivity contribution is -0.128. The zero-order valence-electron chi connectivity index (χ0n) is 9.96. The lowest BCUT2D eigenvalue weighted by Gasteiger charge is -2.21. The maximum atomic E-state index is 11.6. The van der Waals surface area contributed by atoms with E-state index in [0.717, 1.165) is 32.5 Å². The Bertz CT molecular complexity index is 194. The average Bonchev–Trinajstić information content (AvgIpc) is 2.34. The number of carbonyl (C=O) groups is 1. The normalized spacial score (nSPS) is 20.7. The van der Waals surface area contributed by atoms with E-state index in [1.54, 1.807) is 7.11 Å². The van der Waals surface area contributed by atoms with E-state index < -0.39 is 0 Å². The van der Waals surface area contributed by atoms with Gasteiger partial charge < -0.3 is 20.1 Å². The average molecular weight is 230 g/mol. The second kappa shape index (κ2) is 8.50. The minimum absolute atomic E-state index is 0.0488. The molecule has 1 heterocycles. The van der Waals surface area contributed by atoms with Crippen LogP contribution < -0.4 is 10.6 Å². The summed E-state index contributed by atoms with van der Waals surface area (Å²) < 4.78 is 10.2. The molecular formula is C11H22N2O3. The molecule has 1 amide bonds. The van der Waals surface area contributed by atoms with Gasteiger partial charge in [0.05, 0.1) is 19.1 Å². The number of hydrogen-bond acceptors (Lipinski definition) is 4. The molecule has 0 aliphatic carbocycles. The van der Waals surface area contributed by atoms with Crippen LogP contribution in [0, 0.1) is 5.92 Å². The van der Waals surface area contributed by atoms with E-state index in [4.69, 9.17) is 9.47 Å². The van der Waals surface area contributed by atoms with Crippen LogP contribution in [0.4, 0.5) is 0 Å².